The molecule has 2 aromatic rings. The van der Waals surface area contributed by atoms with Gasteiger partial charge in [0.05, 0.1) is 18.9 Å². The van der Waals surface area contributed by atoms with E-state index in [0.717, 1.165) is 23.7 Å². The molecule has 0 aromatic carbocycles. The molecule has 1 atom stereocenters. The van der Waals surface area contributed by atoms with Crippen LogP contribution in [0.2, 0.25) is 0 Å². The van der Waals surface area contributed by atoms with Gasteiger partial charge in [0.1, 0.15) is 11.6 Å². The summed E-state index contributed by atoms with van der Waals surface area (Å²) in [5, 5.41) is 9.78. The van der Waals surface area contributed by atoms with E-state index >= 15 is 0 Å². The molecule has 0 amide bonds. The van der Waals surface area contributed by atoms with Gasteiger partial charge in [0, 0.05) is 18.3 Å². The molecule has 0 aliphatic carbocycles. The van der Waals surface area contributed by atoms with E-state index in [-0.39, 0.29) is 0 Å². The fraction of sp³-hybridized carbons (Fsp3) is 0.357. The topological polar surface area (TPSA) is 49.5 Å². The van der Waals surface area contributed by atoms with E-state index in [2.05, 4.69) is 16.8 Å². The van der Waals surface area contributed by atoms with Crippen molar-refractivity contribution in [2.24, 2.45) is 0 Å². The molecule has 0 radical (unpaired) electrons. The van der Waals surface area contributed by atoms with Crippen LogP contribution in [0.3, 0.4) is 0 Å². The normalized spacial score (nSPS) is 12.4. The summed E-state index contributed by atoms with van der Waals surface area (Å²) in [6, 6.07) is 7.55. The van der Waals surface area contributed by atoms with Crippen molar-refractivity contribution in [1.29, 1.82) is 0 Å². The van der Waals surface area contributed by atoms with Crippen LogP contribution in [0.5, 0.6) is 0 Å². The Kier molecular flexibility index (Phi) is 3.99. The monoisotopic (exact) mass is 246 g/mol. The van der Waals surface area contributed by atoms with E-state index in [0.29, 0.717) is 6.54 Å². The van der Waals surface area contributed by atoms with Crippen LogP contribution in [0.15, 0.2) is 41.1 Å². The quantitative estimate of drug-likeness (QED) is 0.881. The lowest BCUT2D eigenvalue weighted by atomic mass is 10.1. The van der Waals surface area contributed by atoms with E-state index in [1.54, 1.807) is 19.4 Å². The molecule has 1 N–H and O–H groups in total. The van der Waals surface area contributed by atoms with Crippen molar-refractivity contribution in [2.45, 2.75) is 26.5 Å². The average molecular weight is 246 g/mol. The van der Waals surface area contributed by atoms with Crippen LogP contribution in [0.25, 0.3) is 0 Å². The third-order valence-electron chi connectivity index (χ3n) is 2.88. The first-order valence-electron chi connectivity index (χ1n) is 6.12. The Labute approximate surface area is 107 Å². The van der Waals surface area contributed by atoms with E-state index in [1.165, 1.54) is 0 Å². The smallest absolute Gasteiger partial charge is 0.134 e. The van der Waals surface area contributed by atoms with Gasteiger partial charge in [-0.2, -0.15) is 0 Å². The van der Waals surface area contributed by atoms with Crippen LogP contribution >= 0.6 is 0 Å². The molecule has 18 heavy (non-hydrogen) atoms. The van der Waals surface area contributed by atoms with Crippen molar-refractivity contribution in [3.63, 3.8) is 0 Å². The molecule has 0 spiro atoms. The van der Waals surface area contributed by atoms with Crippen LogP contribution < -0.4 is 4.90 Å². The first-order valence-corrected chi connectivity index (χ1v) is 6.12. The summed E-state index contributed by atoms with van der Waals surface area (Å²) in [6.45, 7) is 5.27. The number of rotatable bonds is 5. The van der Waals surface area contributed by atoms with Gasteiger partial charge in [-0.25, -0.2) is 4.98 Å². The molecule has 0 bridgehead atoms. The minimum atomic E-state index is -0.528. The standard InChI is InChI=1S/C14H18N2O2/c1-3-16(10-12-6-5-9-18-12)14-13(11(2)17)7-4-8-15-14/h4-9,11,17H,3,10H2,1-2H3. The number of anilines is 1. The molecule has 0 aliphatic rings. The zero-order valence-electron chi connectivity index (χ0n) is 10.7. The van der Waals surface area contributed by atoms with Crippen molar-refractivity contribution in [2.75, 3.05) is 11.4 Å². The number of hydrogen-bond acceptors (Lipinski definition) is 4. The minimum absolute atomic E-state index is 0.528. The van der Waals surface area contributed by atoms with Gasteiger partial charge in [-0.3, -0.25) is 0 Å². The molecule has 96 valence electrons. The molecular formula is C14H18N2O2. The molecule has 1 unspecified atom stereocenters. The van der Waals surface area contributed by atoms with Crippen molar-refractivity contribution >= 4 is 5.82 Å². The van der Waals surface area contributed by atoms with Gasteiger partial charge in [-0.1, -0.05) is 6.07 Å². The molecule has 0 fully saturated rings. The maximum Gasteiger partial charge on any atom is 0.134 e. The summed E-state index contributed by atoms with van der Waals surface area (Å²) >= 11 is 0. The Balaban J connectivity index is 2.27. The Morgan fingerprint density at radius 3 is 2.83 bits per heavy atom. The van der Waals surface area contributed by atoms with Crippen LogP contribution in [-0.2, 0) is 6.54 Å². The highest BCUT2D eigenvalue weighted by molar-refractivity contribution is 5.47. The Morgan fingerprint density at radius 2 is 2.22 bits per heavy atom. The van der Waals surface area contributed by atoms with Gasteiger partial charge in [-0.05, 0) is 32.0 Å². The second-order valence-electron chi connectivity index (χ2n) is 4.19. The van der Waals surface area contributed by atoms with Crippen LogP contribution in [0.1, 0.15) is 31.3 Å². The van der Waals surface area contributed by atoms with Crippen LogP contribution in [0, 0.1) is 0 Å². The molecular weight excluding hydrogens is 228 g/mol. The predicted molar refractivity (Wildman–Crippen MR) is 70.3 cm³/mol. The molecule has 4 nitrogen and oxygen atoms in total. The Morgan fingerprint density at radius 1 is 1.39 bits per heavy atom. The number of furan rings is 1. The Bertz CT molecular complexity index is 480. The van der Waals surface area contributed by atoms with E-state index in [1.807, 2.05) is 24.3 Å². The van der Waals surface area contributed by atoms with Gasteiger partial charge in [0.15, 0.2) is 0 Å². The molecule has 4 heteroatoms. The van der Waals surface area contributed by atoms with Crippen molar-refractivity contribution in [1.82, 2.24) is 4.98 Å². The highest BCUT2D eigenvalue weighted by atomic mass is 16.3. The lowest BCUT2D eigenvalue weighted by Crippen LogP contribution is -2.24. The second kappa shape index (κ2) is 5.69. The highest BCUT2D eigenvalue weighted by Crippen LogP contribution is 2.24. The average Bonchev–Trinajstić information content (AvgIpc) is 2.88. The highest BCUT2D eigenvalue weighted by Gasteiger charge is 2.15. The van der Waals surface area contributed by atoms with E-state index < -0.39 is 6.10 Å². The maximum absolute atomic E-state index is 9.78. The minimum Gasteiger partial charge on any atom is -0.467 e. The molecule has 2 aromatic heterocycles. The van der Waals surface area contributed by atoms with Crippen molar-refractivity contribution in [3.05, 3.63) is 48.0 Å². The van der Waals surface area contributed by atoms with Crippen LogP contribution in [-0.4, -0.2) is 16.6 Å². The molecule has 2 rings (SSSR count). The Hall–Kier alpha value is -1.81. The van der Waals surface area contributed by atoms with Gasteiger partial charge >= 0.3 is 0 Å². The first kappa shape index (κ1) is 12.6. The van der Waals surface area contributed by atoms with Gasteiger partial charge < -0.3 is 14.4 Å². The number of aromatic nitrogens is 1. The number of aliphatic hydroxyl groups is 1. The molecule has 0 saturated carbocycles. The summed E-state index contributed by atoms with van der Waals surface area (Å²) in [7, 11) is 0. The SMILES string of the molecule is CCN(Cc1ccco1)c1ncccc1C(C)O. The summed E-state index contributed by atoms with van der Waals surface area (Å²) < 4.78 is 5.36. The lowest BCUT2D eigenvalue weighted by Gasteiger charge is -2.24. The third kappa shape index (κ3) is 2.71. The fourth-order valence-electron chi connectivity index (χ4n) is 1.93. The van der Waals surface area contributed by atoms with Gasteiger partial charge in [0.25, 0.3) is 0 Å². The lowest BCUT2D eigenvalue weighted by molar-refractivity contribution is 0.199. The largest absolute Gasteiger partial charge is 0.467 e. The molecule has 2 heterocycles. The van der Waals surface area contributed by atoms with Crippen LogP contribution in [0.4, 0.5) is 5.82 Å². The maximum atomic E-state index is 9.78. The van der Waals surface area contributed by atoms with Crippen molar-refractivity contribution < 1.29 is 9.52 Å². The summed E-state index contributed by atoms with van der Waals surface area (Å²) in [5.74, 6) is 1.70. The number of hydrogen-bond donors (Lipinski definition) is 1. The first-order chi connectivity index (χ1) is 8.72. The third-order valence-corrected chi connectivity index (χ3v) is 2.88. The van der Waals surface area contributed by atoms with E-state index in [4.69, 9.17) is 4.42 Å². The zero-order chi connectivity index (χ0) is 13.0. The predicted octanol–water partition coefficient (Wildman–Crippen LogP) is 2.75. The van der Waals surface area contributed by atoms with E-state index in [9.17, 15) is 5.11 Å². The zero-order valence-corrected chi connectivity index (χ0v) is 10.7. The van der Waals surface area contributed by atoms with Crippen molar-refractivity contribution in [3.8, 4) is 0 Å². The fourth-order valence-corrected chi connectivity index (χ4v) is 1.93. The second-order valence-corrected chi connectivity index (χ2v) is 4.19. The summed E-state index contributed by atoms with van der Waals surface area (Å²) in [5.41, 5.74) is 0.839. The summed E-state index contributed by atoms with van der Waals surface area (Å²) in [6.07, 6.45) is 2.88. The number of pyridine rings is 1. The number of nitrogens with zero attached hydrogens (tertiary/aromatic N) is 2. The molecule has 0 saturated heterocycles. The molecule has 0 aliphatic heterocycles. The summed E-state index contributed by atoms with van der Waals surface area (Å²) in [4.78, 5) is 6.46. The van der Waals surface area contributed by atoms with Gasteiger partial charge in [-0.15, -0.1) is 0 Å². The number of aliphatic hydroxyl groups excluding tert-OH is 1. The van der Waals surface area contributed by atoms with Gasteiger partial charge in [0.2, 0.25) is 0 Å².